The lowest BCUT2D eigenvalue weighted by atomic mass is 10.2. The summed E-state index contributed by atoms with van der Waals surface area (Å²) < 4.78 is 2.18. The quantitative estimate of drug-likeness (QED) is 0.613. The number of aliphatic carboxylic acids is 1. The van der Waals surface area contributed by atoms with Gasteiger partial charge in [0.1, 0.15) is 5.82 Å². The first-order valence-electron chi connectivity index (χ1n) is 8.75. The average molecular weight is 361 g/mol. The van der Waals surface area contributed by atoms with Gasteiger partial charge in [0.2, 0.25) is 0 Å². The van der Waals surface area contributed by atoms with Gasteiger partial charge in [0.05, 0.1) is 12.2 Å². The van der Waals surface area contributed by atoms with Crippen LogP contribution in [0, 0.1) is 0 Å². The maximum Gasteiger partial charge on any atom is 0.303 e. The van der Waals surface area contributed by atoms with Crippen LogP contribution in [0.15, 0.2) is 42.6 Å². The van der Waals surface area contributed by atoms with Crippen molar-refractivity contribution in [2.75, 3.05) is 0 Å². The van der Waals surface area contributed by atoms with Gasteiger partial charge in [0.25, 0.3) is 0 Å². The third kappa shape index (κ3) is 6.39. The average Bonchev–Trinajstić information content (AvgIpc) is 2.96. The van der Waals surface area contributed by atoms with Crippen LogP contribution in [0.5, 0.6) is 0 Å². The molecule has 5 heteroatoms. The molecule has 1 aromatic carbocycles. The fourth-order valence-electron chi connectivity index (χ4n) is 2.62. The standard InChI is InChI=1S/C20H25ClN2O2/c1-2-3-12-19-22-17(10-5-4-6-13-20(24)25)15-23(19)14-16-9-7-8-11-18(16)21/h4-5,7-9,11,15H,2-3,6,10,12-14H2,1H3,(H,24,25). The molecule has 0 aliphatic rings. The van der Waals surface area contributed by atoms with E-state index in [2.05, 4.69) is 17.7 Å². The number of aryl methyl sites for hydroxylation is 1. The lowest BCUT2D eigenvalue weighted by Crippen LogP contribution is -2.04. The molecule has 2 aromatic rings. The molecular formula is C20H25ClN2O2. The number of rotatable bonds is 10. The van der Waals surface area contributed by atoms with Gasteiger partial charge in [-0.2, -0.15) is 0 Å². The minimum absolute atomic E-state index is 0.166. The molecule has 134 valence electrons. The Bertz CT molecular complexity index is 722. The van der Waals surface area contributed by atoms with Crippen molar-refractivity contribution in [1.82, 2.24) is 9.55 Å². The van der Waals surface area contributed by atoms with Crippen LogP contribution in [0.1, 0.15) is 49.7 Å². The Morgan fingerprint density at radius 2 is 2.12 bits per heavy atom. The highest BCUT2D eigenvalue weighted by Crippen LogP contribution is 2.18. The van der Waals surface area contributed by atoms with Crippen LogP contribution in [-0.2, 0) is 24.2 Å². The van der Waals surface area contributed by atoms with E-state index in [1.807, 2.05) is 36.4 Å². The summed E-state index contributed by atoms with van der Waals surface area (Å²) in [6, 6.07) is 7.88. The number of nitrogens with zero attached hydrogens (tertiary/aromatic N) is 2. The summed E-state index contributed by atoms with van der Waals surface area (Å²) in [7, 11) is 0. The second-order valence-electron chi connectivity index (χ2n) is 6.08. The Morgan fingerprint density at radius 1 is 1.32 bits per heavy atom. The molecule has 0 saturated carbocycles. The monoisotopic (exact) mass is 360 g/mol. The first-order chi connectivity index (χ1) is 12.1. The summed E-state index contributed by atoms with van der Waals surface area (Å²) in [6.45, 7) is 2.89. The van der Waals surface area contributed by atoms with Crippen LogP contribution in [0.25, 0.3) is 0 Å². The summed E-state index contributed by atoms with van der Waals surface area (Å²) >= 11 is 6.29. The first kappa shape index (κ1) is 19.3. The highest BCUT2D eigenvalue weighted by molar-refractivity contribution is 6.31. The minimum atomic E-state index is -0.768. The van der Waals surface area contributed by atoms with Crippen molar-refractivity contribution in [3.8, 4) is 0 Å². The number of carboxylic acids is 1. The van der Waals surface area contributed by atoms with Crippen molar-refractivity contribution in [3.05, 3.63) is 64.7 Å². The number of unbranched alkanes of at least 4 members (excludes halogenated alkanes) is 1. The molecule has 0 unspecified atom stereocenters. The fraction of sp³-hybridized carbons (Fsp3) is 0.400. The predicted octanol–water partition coefficient (Wildman–Crippen LogP) is 4.89. The van der Waals surface area contributed by atoms with Crippen LogP contribution in [-0.4, -0.2) is 20.6 Å². The Morgan fingerprint density at radius 3 is 2.84 bits per heavy atom. The van der Waals surface area contributed by atoms with Gasteiger partial charge in [-0.1, -0.05) is 55.3 Å². The summed E-state index contributed by atoms with van der Waals surface area (Å²) in [6.07, 6.45) is 10.6. The van der Waals surface area contributed by atoms with E-state index >= 15 is 0 Å². The third-order valence-electron chi connectivity index (χ3n) is 3.98. The second-order valence-corrected chi connectivity index (χ2v) is 6.49. The van der Waals surface area contributed by atoms with E-state index in [0.29, 0.717) is 19.4 Å². The maximum atomic E-state index is 10.5. The molecule has 0 fully saturated rings. The minimum Gasteiger partial charge on any atom is -0.481 e. The highest BCUT2D eigenvalue weighted by Gasteiger charge is 2.09. The van der Waals surface area contributed by atoms with Crippen molar-refractivity contribution in [3.63, 3.8) is 0 Å². The number of allylic oxidation sites excluding steroid dienone is 2. The molecule has 0 amide bonds. The van der Waals surface area contributed by atoms with Crippen LogP contribution in [0.2, 0.25) is 5.02 Å². The van der Waals surface area contributed by atoms with E-state index < -0.39 is 5.97 Å². The van der Waals surface area contributed by atoms with Crippen LogP contribution < -0.4 is 0 Å². The Kier molecular flexibility index (Phi) is 7.74. The summed E-state index contributed by atoms with van der Waals surface area (Å²) in [5.74, 6) is 0.311. The fourth-order valence-corrected chi connectivity index (χ4v) is 2.82. The van der Waals surface area contributed by atoms with E-state index in [1.165, 1.54) is 0 Å². The van der Waals surface area contributed by atoms with Gasteiger partial charge >= 0.3 is 5.97 Å². The summed E-state index contributed by atoms with van der Waals surface area (Å²) in [5, 5.41) is 9.43. The number of halogens is 1. The van der Waals surface area contributed by atoms with Gasteiger partial charge in [-0.25, -0.2) is 4.98 Å². The Labute approximate surface area is 154 Å². The molecule has 4 nitrogen and oxygen atoms in total. The topological polar surface area (TPSA) is 55.1 Å². The van der Waals surface area contributed by atoms with Crippen LogP contribution in [0.3, 0.4) is 0 Å². The lowest BCUT2D eigenvalue weighted by molar-refractivity contribution is -0.136. The molecule has 0 spiro atoms. The van der Waals surface area contributed by atoms with Gasteiger partial charge in [-0.15, -0.1) is 0 Å². The molecular weight excluding hydrogens is 336 g/mol. The van der Waals surface area contributed by atoms with Gasteiger partial charge in [-0.05, 0) is 24.5 Å². The molecule has 0 radical (unpaired) electrons. The number of benzene rings is 1. The number of hydrogen-bond acceptors (Lipinski definition) is 2. The zero-order valence-corrected chi connectivity index (χ0v) is 15.4. The first-order valence-corrected chi connectivity index (χ1v) is 9.13. The Balaban J connectivity index is 2.07. The number of aromatic nitrogens is 2. The smallest absolute Gasteiger partial charge is 0.303 e. The van der Waals surface area contributed by atoms with Gasteiger partial charge in [0.15, 0.2) is 0 Å². The molecule has 0 atom stereocenters. The normalized spacial score (nSPS) is 11.3. The lowest BCUT2D eigenvalue weighted by Gasteiger charge is -2.08. The molecule has 0 saturated heterocycles. The maximum absolute atomic E-state index is 10.5. The van der Waals surface area contributed by atoms with Crippen molar-refractivity contribution >= 4 is 17.6 Å². The molecule has 1 heterocycles. The van der Waals surface area contributed by atoms with E-state index in [-0.39, 0.29) is 6.42 Å². The molecule has 2 rings (SSSR count). The van der Waals surface area contributed by atoms with Crippen molar-refractivity contribution in [2.45, 2.75) is 52.0 Å². The molecule has 1 N–H and O–H groups in total. The van der Waals surface area contributed by atoms with Crippen molar-refractivity contribution in [1.29, 1.82) is 0 Å². The second kappa shape index (κ2) is 10.0. The Hall–Kier alpha value is -2.07. The highest BCUT2D eigenvalue weighted by atomic mass is 35.5. The predicted molar refractivity (Wildman–Crippen MR) is 101 cm³/mol. The van der Waals surface area contributed by atoms with Crippen molar-refractivity contribution < 1.29 is 9.90 Å². The number of hydrogen-bond donors (Lipinski definition) is 1. The molecule has 25 heavy (non-hydrogen) atoms. The zero-order chi connectivity index (χ0) is 18.1. The van der Waals surface area contributed by atoms with Gasteiger partial charge in [-0.3, -0.25) is 4.79 Å². The van der Waals surface area contributed by atoms with E-state index in [9.17, 15) is 4.79 Å². The SMILES string of the molecule is CCCCc1nc(CC=CCCC(=O)O)cn1Cc1ccccc1Cl. The molecule has 0 aliphatic heterocycles. The van der Waals surface area contributed by atoms with Crippen LogP contribution in [0.4, 0.5) is 0 Å². The largest absolute Gasteiger partial charge is 0.481 e. The zero-order valence-electron chi connectivity index (χ0n) is 14.6. The summed E-state index contributed by atoms with van der Waals surface area (Å²) in [5.41, 5.74) is 2.09. The van der Waals surface area contributed by atoms with E-state index in [4.69, 9.17) is 21.7 Å². The van der Waals surface area contributed by atoms with Crippen molar-refractivity contribution in [2.24, 2.45) is 0 Å². The van der Waals surface area contributed by atoms with E-state index in [1.54, 1.807) is 0 Å². The number of imidazole rings is 1. The number of carboxylic acid groups (broad SMARTS) is 1. The third-order valence-corrected chi connectivity index (χ3v) is 4.35. The molecule has 1 aromatic heterocycles. The molecule has 0 aliphatic carbocycles. The summed E-state index contributed by atoms with van der Waals surface area (Å²) in [4.78, 5) is 15.3. The number of carbonyl (C=O) groups is 1. The van der Waals surface area contributed by atoms with Gasteiger partial charge in [0, 0.05) is 30.5 Å². The van der Waals surface area contributed by atoms with Crippen LogP contribution >= 0.6 is 11.6 Å². The van der Waals surface area contributed by atoms with Gasteiger partial charge < -0.3 is 9.67 Å². The molecule has 0 bridgehead atoms. The van der Waals surface area contributed by atoms with E-state index in [0.717, 1.165) is 41.4 Å².